The Balaban J connectivity index is 0.00000243. The van der Waals surface area contributed by atoms with Crippen LogP contribution in [-0.4, -0.2) is 37.9 Å². The van der Waals surface area contributed by atoms with E-state index < -0.39 is 6.61 Å². The molecule has 5 nitrogen and oxygen atoms in total. The predicted molar refractivity (Wildman–Crippen MR) is 101 cm³/mol. The fourth-order valence-corrected chi connectivity index (χ4v) is 3.66. The van der Waals surface area contributed by atoms with Gasteiger partial charge in [0.2, 0.25) is 0 Å². The maximum atomic E-state index is 12.1. The number of rotatable bonds is 7. The van der Waals surface area contributed by atoms with E-state index in [0.29, 0.717) is 6.54 Å². The second-order valence-electron chi connectivity index (χ2n) is 5.73. The molecule has 1 aromatic heterocycles. The first kappa shape index (κ1) is 20.8. The lowest BCUT2D eigenvalue weighted by Crippen LogP contribution is -2.36. The standard InChI is InChI=1S/C17H21F2N3O2S.ClH/c1-12-15(25-17(21-12)22-6-8-23-9-7-22)11-20-10-13-2-4-14(5-3-13)24-16(18)19;/h2-5,16,20H,6-11H2,1H3;1H. The molecule has 0 atom stereocenters. The van der Waals surface area contributed by atoms with Crippen LogP contribution in [-0.2, 0) is 17.8 Å². The Bertz CT molecular complexity index is 679. The summed E-state index contributed by atoms with van der Waals surface area (Å²) in [5.41, 5.74) is 2.05. The van der Waals surface area contributed by atoms with Crippen molar-refractivity contribution in [3.8, 4) is 5.75 Å². The van der Waals surface area contributed by atoms with Crippen LogP contribution in [0.25, 0.3) is 0 Å². The summed E-state index contributed by atoms with van der Waals surface area (Å²) >= 11 is 1.70. The van der Waals surface area contributed by atoms with Gasteiger partial charge in [0.15, 0.2) is 5.13 Å². The molecule has 2 heterocycles. The van der Waals surface area contributed by atoms with Gasteiger partial charge in [-0.25, -0.2) is 4.98 Å². The molecule has 1 aromatic carbocycles. The van der Waals surface area contributed by atoms with Gasteiger partial charge in [0.05, 0.1) is 18.9 Å². The molecule has 0 bridgehead atoms. The molecule has 9 heteroatoms. The molecule has 1 N–H and O–H groups in total. The third-order valence-corrected chi connectivity index (χ3v) is 5.14. The van der Waals surface area contributed by atoms with Gasteiger partial charge in [0.25, 0.3) is 0 Å². The molecule has 0 spiro atoms. The molecule has 3 rings (SSSR count). The summed E-state index contributed by atoms with van der Waals surface area (Å²) in [5.74, 6) is 0.173. The number of ether oxygens (including phenoxy) is 2. The van der Waals surface area contributed by atoms with E-state index in [1.807, 2.05) is 6.92 Å². The molecular weight excluding hydrogens is 384 g/mol. The van der Waals surface area contributed by atoms with Crippen LogP contribution < -0.4 is 15.0 Å². The van der Waals surface area contributed by atoms with Gasteiger partial charge in [0.1, 0.15) is 5.75 Å². The van der Waals surface area contributed by atoms with E-state index in [-0.39, 0.29) is 18.2 Å². The fraction of sp³-hybridized carbons (Fsp3) is 0.471. The number of nitrogens with one attached hydrogen (secondary N) is 1. The minimum atomic E-state index is -2.79. The average Bonchev–Trinajstić information content (AvgIpc) is 2.98. The first-order chi connectivity index (χ1) is 12.1. The number of halogens is 3. The number of thiazole rings is 1. The van der Waals surface area contributed by atoms with Gasteiger partial charge in [-0.3, -0.25) is 0 Å². The van der Waals surface area contributed by atoms with Crippen molar-refractivity contribution >= 4 is 28.9 Å². The highest BCUT2D eigenvalue weighted by Gasteiger charge is 2.16. The van der Waals surface area contributed by atoms with Gasteiger partial charge in [-0.05, 0) is 24.6 Å². The first-order valence-corrected chi connectivity index (χ1v) is 8.97. The van der Waals surface area contributed by atoms with Crippen molar-refractivity contribution in [1.82, 2.24) is 10.3 Å². The van der Waals surface area contributed by atoms with Crippen molar-refractivity contribution in [2.24, 2.45) is 0 Å². The van der Waals surface area contributed by atoms with Gasteiger partial charge in [0, 0.05) is 31.1 Å². The molecule has 144 valence electrons. The lowest BCUT2D eigenvalue weighted by Gasteiger charge is -2.26. The van der Waals surface area contributed by atoms with Crippen LogP contribution in [0.1, 0.15) is 16.1 Å². The summed E-state index contributed by atoms with van der Waals surface area (Å²) in [5, 5.41) is 4.42. The molecule has 2 aromatic rings. The minimum absolute atomic E-state index is 0. The van der Waals surface area contributed by atoms with Crippen LogP contribution in [0.4, 0.5) is 13.9 Å². The molecular formula is C17H22ClF2N3O2S. The van der Waals surface area contributed by atoms with Crippen molar-refractivity contribution < 1.29 is 18.3 Å². The maximum Gasteiger partial charge on any atom is 0.387 e. The molecule has 0 radical (unpaired) electrons. The van der Waals surface area contributed by atoms with Crippen molar-refractivity contribution in [2.75, 3.05) is 31.2 Å². The number of hydrogen-bond donors (Lipinski definition) is 1. The quantitative estimate of drug-likeness (QED) is 0.762. The predicted octanol–water partition coefficient (Wildman–Crippen LogP) is 3.60. The van der Waals surface area contributed by atoms with E-state index in [2.05, 4.69) is 19.9 Å². The SMILES string of the molecule is Cc1nc(N2CCOCC2)sc1CNCc1ccc(OC(F)F)cc1.Cl. The van der Waals surface area contributed by atoms with E-state index in [9.17, 15) is 8.78 Å². The monoisotopic (exact) mass is 405 g/mol. The molecule has 1 saturated heterocycles. The number of anilines is 1. The van der Waals surface area contributed by atoms with Crippen molar-refractivity contribution in [2.45, 2.75) is 26.6 Å². The van der Waals surface area contributed by atoms with Gasteiger partial charge in [-0.1, -0.05) is 12.1 Å². The van der Waals surface area contributed by atoms with E-state index in [0.717, 1.165) is 49.2 Å². The Labute approximate surface area is 161 Å². The van der Waals surface area contributed by atoms with Crippen LogP contribution in [0.3, 0.4) is 0 Å². The van der Waals surface area contributed by atoms with Crippen LogP contribution in [0.2, 0.25) is 0 Å². The number of hydrogen-bond acceptors (Lipinski definition) is 6. The minimum Gasteiger partial charge on any atom is -0.435 e. The van der Waals surface area contributed by atoms with Crippen molar-refractivity contribution in [3.05, 3.63) is 40.4 Å². The lowest BCUT2D eigenvalue weighted by atomic mass is 10.2. The number of benzene rings is 1. The van der Waals surface area contributed by atoms with Gasteiger partial charge in [-0.2, -0.15) is 8.78 Å². The number of aryl methyl sites for hydroxylation is 1. The molecule has 1 fully saturated rings. The van der Waals surface area contributed by atoms with Crippen molar-refractivity contribution in [3.63, 3.8) is 0 Å². The smallest absolute Gasteiger partial charge is 0.387 e. The van der Waals surface area contributed by atoms with E-state index in [1.54, 1.807) is 35.6 Å². The van der Waals surface area contributed by atoms with Gasteiger partial charge in [-0.15, -0.1) is 23.7 Å². The maximum absolute atomic E-state index is 12.1. The Kier molecular flexibility index (Phi) is 8.02. The molecule has 0 unspecified atom stereocenters. The largest absolute Gasteiger partial charge is 0.435 e. The molecule has 0 aliphatic carbocycles. The lowest BCUT2D eigenvalue weighted by molar-refractivity contribution is -0.0498. The Hall–Kier alpha value is -1.48. The highest BCUT2D eigenvalue weighted by molar-refractivity contribution is 7.15. The topological polar surface area (TPSA) is 46.6 Å². The van der Waals surface area contributed by atoms with E-state index >= 15 is 0 Å². The molecule has 1 aliphatic heterocycles. The molecule has 0 amide bonds. The fourth-order valence-electron chi connectivity index (χ4n) is 2.58. The Morgan fingerprint density at radius 1 is 1.23 bits per heavy atom. The normalized spacial score (nSPS) is 14.4. The van der Waals surface area contributed by atoms with E-state index in [4.69, 9.17) is 4.74 Å². The highest BCUT2D eigenvalue weighted by Crippen LogP contribution is 2.26. The Morgan fingerprint density at radius 3 is 2.58 bits per heavy atom. The zero-order chi connectivity index (χ0) is 17.6. The average molecular weight is 406 g/mol. The van der Waals surface area contributed by atoms with Crippen LogP contribution >= 0.6 is 23.7 Å². The van der Waals surface area contributed by atoms with Crippen molar-refractivity contribution in [1.29, 1.82) is 0 Å². The third kappa shape index (κ3) is 5.77. The summed E-state index contributed by atoms with van der Waals surface area (Å²) < 4.78 is 34.0. The number of alkyl halides is 2. The first-order valence-electron chi connectivity index (χ1n) is 8.15. The number of aromatic nitrogens is 1. The summed E-state index contributed by atoms with van der Waals surface area (Å²) in [7, 11) is 0. The molecule has 0 saturated carbocycles. The van der Waals surface area contributed by atoms with Gasteiger partial charge >= 0.3 is 6.61 Å². The zero-order valence-corrected chi connectivity index (χ0v) is 16.0. The Morgan fingerprint density at radius 2 is 1.92 bits per heavy atom. The van der Waals surface area contributed by atoms with Crippen LogP contribution in [0.5, 0.6) is 5.75 Å². The van der Waals surface area contributed by atoms with Crippen LogP contribution in [0.15, 0.2) is 24.3 Å². The summed E-state index contributed by atoms with van der Waals surface area (Å²) in [6, 6.07) is 6.67. The molecule has 1 aliphatic rings. The van der Waals surface area contributed by atoms with Crippen LogP contribution in [0, 0.1) is 6.92 Å². The summed E-state index contributed by atoms with van der Waals surface area (Å²) in [4.78, 5) is 8.12. The number of morpholine rings is 1. The summed E-state index contributed by atoms with van der Waals surface area (Å²) in [6.07, 6.45) is 0. The van der Waals surface area contributed by atoms with Gasteiger partial charge < -0.3 is 19.7 Å². The summed E-state index contributed by atoms with van der Waals surface area (Å²) in [6.45, 7) is 3.87. The number of nitrogens with zero attached hydrogens (tertiary/aromatic N) is 2. The highest BCUT2D eigenvalue weighted by atomic mass is 35.5. The molecule has 26 heavy (non-hydrogen) atoms. The second-order valence-corrected chi connectivity index (χ2v) is 6.79. The van der Waals surface area contributed by atoms with E-state index in [1.165, 1.54) is 4.88 Å². The zero-order valence-electron chi connectivity index (χ0n) is 14.4. The third-order valence-electron chi connectivity index (χ3n) is 3.93. The second kappa shape index (κ2) is 10.0.